The first-order valence-electron chi connectivity index (χ1n) is 8.99. The molecule has 0 saturated carbocycles. The van der Waals surface area contributed by atoms with Gasteiger partial charge in [0.05, 0.1) is 18.6 Å². The molecule has 0 saturated heterocycles. The predicted octanol–water partition coefficient (Wildman–Crippen LogP) is 3.94. The Kier molecular flexibility index (Phi) is 6.34. The Hall–Kier alpha value is -2.54. The van der Waals surface area contributed by atoms with Crippen LogP contribution in [0.4, 0.5) is 0 Å². The van der Waals surface area contributed by atoms with Crippen molar-refractivity contribution in [1.82, 2.24) is 19.7 Å². The van der Waals surface area contributed by atoms with Gasteiger partial charge in [-0.3, -0.25) is 9.36 Å². The number of nitrogens with zero attached hydrogens (tertiary/aromatic N) is 4. The molecule has 0 N–H and O–H groups in total. The number of amides is 1. The number of carbonyl (C=O) groups is 1. The molecule has 1 atom stereocenters. The van der Waals surface area contributed by atoms with Crippen molar-refractivity contribution in [2.75, 3.05) is 12.8 Å². The van der Waals surface area contributed by atoms with Crippen molar-refractivity contribution in [2.45, 2.75) is 38.0 Å². The summed E-state index contributed by atoms with van der Waals surface area (Å²) in [4.78, 5) is 14.2. The molecule has 0 aliphatic heterocycles. The number of carbonyl (C=O) groups excluding carboxylic acids is 1. The number of rotatable bonds is 8. The average Bonchev–Trinajstić information content (AvgIpc) is 3.35. The van der Waals surface area contributed by atoms with Crippen molar-refractivity contribution >= 4 is 17.7 Å². The topological polar surface area (TPSA) is 64.2 Å². The molecule has 1 unspecified atom stereocenters. The first-order valence-corrected chi connectivity index (χ1v) is 9.98. The van der Waals surface area contributed by atoms with E-state index in [1.165, 1.54) is 11.8 Å². The lowest BCUT2D eigenvalue weighted by molar-refractivity contribution is -0.128. The van der Waals surface area contributed by atoms with Gasteiger partial charge in [-0.2, -0.15) is 0 Å². The Balaban J connectivity index is 1.81. The second-order valence-electron chi connectivity index (χ2n) is 6.41. The lowest BCUT2D eigenvalue weighted by Crippen LogP contribution is -2.35. The lowest BCUT2D eigenvalue weighted by atomic mass is 10.2. The van der Waals surface area contributed by atoms with Crippen LogP contribution in [0, 0.1) is 0 Å². The molecule has 3 rings (SSSR count). The summed E-state index contributed by atoms with van der Waals surface area (Å²) in [6, 6.07) is 14.0. The van der Waals surface area contributed by atoms with Crippen LogP contribution in [-0.2, 0) is 11.3 Å². The molecule has 0 fully saturated rings. The Labute approximate surface area is 163 Å². The molecule has 1 aromatic carbocycles. The van der Waals surface area contributed by atoms with Gasteiger partial charge < -0.3 is 9.32 Å². The number of benzene rings is 1. The van der Waals surface area contributed by atoms with Crippen molar-refractivity contribution in [1.29, 1.82) is 0 Å². The molecule has 2 aromatic heterocycles. The zero-order valence-electron chi connectivity index (χ0n) is 15.8. The lowest BCUT2D eigenvalue weighted by Gasteiger charge is -2.23. The van der Waals surface area contributed by atoms with Gasteiger partial charge >= 0.3 is 0 Å². The number of thioether (sulfide) groups is 1. The molecule has 0 spiro atoms. The van der Waals surface area contributed by atoms with E-state index in [0.717, 1.165) is 12.0 Å². The number of hydrogen-bond donors (Lipinski definition) is 0. The van der Waals surface area contributed by atoms with E-state index in [9.17, 15) is 4.79 Å². The van der Waals surface area contributed by atoms with Crippen molar-refractivity contribution in [3.05, 3.63) is 54.3 Å². The molecule has 0 aliphatic rings. The molecule has 1 amide bonds. The largest absolute Gasteiger partial charge is 0.461 e. The average molecular weight is 385 g/mol. The van der Waals surface area contributed by atoms with Crippen LogP contribution in [0.2, 0.25) is 0 Å². The normalized spacial score (nSPS) is 12.1. The summed E-state index contributed by atoms with van der Waals surface area (Å²) in [5.74, 6) is 1.73. The molecule has 7 heteroatoms. The van der Waals surface area contributed by atoms with Crippen molar-refractivity contribution in [3.63, 3.8) is 0 Å². The monoisotopic (exact) mass is 384 g/mol. The molecule has 3 aromatic rings. The fraction of sp³-hybridized carbons (Fsp3) is 0.350. The van der Waals surface area contributed by atoms with E-state index in [-0.39, 0.29) is 11.9 Å². The molecule has 2 heterocycles. The van der Waals surface area contributed by atoms with Gasteiger partial charge in [-0.15, -0.1) is 10.2 Å². The maximum Gasteiger partial charge on any atom is 0.233 e. The summed E-state index contributed by atoms with van der Waals surface area (Å²) in [5, 5.41) is 9.32. The second-order valence-corrected chi connectivity index (χ2v) is 7.35. The molecule has 0 aliphatic carbocycles. The maximum atomic E-state index is 12.5. The molecule has 142 valence electrons. The maximum absolute atomic E-state index is 12.5. The summed E-state index contributed by atoms with van der Waals surface area (Å²) < 4.78 is 7.51. The van der Waals surface area contributed by atoms with Gasteiger partial charge in [-0.25, -0.2) is 0 Å². The molecular weight excluding hydrogens is 360 g/mol. The van der Waals surface area contributed by atoms with Crippen LogP contribution in [0.5, 0.6) is 0 Å². The van der Waals surface area contributed by atoms with Crippen LogP contribution in [0.1, 0.15) is 25.8 Å². The first-order chi connectivity index (χ1) is 13.1. The van der Waals surface area contributed by atoms with E-state index in [1.54, 1.807) is 11.2 Å². The molecule has 0 bridgehead atoms. The van der Waals surface area contributed by atoms with Gasteiger partial charge in [0, 0.05) is 13.1 Å². The summed E-state index contributed by atoms with van der Waals surface area (Å²) >= 11 is 1.41. The summed E-state index contributed by atoms with van der Waals surface area (Å²) in [6.07, 6.45) is 2.55. The summed E-state index contributed by atoms with van der Waals surface area (Å²) in [7, 11) is 1.85. The van der Waals surface area contributed by atoms with Crippen molar-refractivity contribution in [3.8, 4) is 11.6 Å². The Morgan fingerprint density at radius 2 is 2.00 bits per heavy atom. The zero-order valence-corrected chi connectivity index (χ0v) is 16.6. The minimum atomic E-state index is 0.0863. The van der Waals surface area contributed by atoms with Gasteiger partial charge in [0.2, 0.25) is 11.7 Å². The molecule has 27 heavy (non-hydrogen) atoms. The Morgan fingerprint density at radius 1 is 1.22 bits per heavy atom. The second kappa shape index (κ2) is 8.90. The van der Waals surface area contributed by atoms with E-state index in [1.807, 2.05) is 41.9 Å². The number of aromatic nitrogens is 3. The summed E-state index contributed by atoms with van der Waals surface area (Å²) in [5.41, 5.74) is 1.13. The van der Waals surface area contributed by atoms with Gasteiger partial charge in [0.15, 0.2) is 10.9 Å². The van der Waals surface area contributed by atoms with Gasteiger partial charge in [0.25, 0.3) is 0 Å². The number of furan rings is 1. The van der Waals surface area contributed by atoms with Gasteiger partial charge in [0.1, 0.15) is 0 Å². The standard InChI is InChI=1S/C20H24N4O2S/c1-4-15(2)23(3)18(25)14-27-20-22-21-19(17-11-8-12-26-17)24(20)13-16-9-6-5-7-10-16/h5-12,15H,4,13-14H2,1-3H3. The number of hydrogen-bond acceptors (Lipinski definition) is 5. The molecule has 0 radical (unpaired) electrons. The third-order valence-electron chi connectivity index (χ3n) is 4.61. The quantitative estimate of drug-likeness (QED) is 0.551. The van der Waals surface area contributed by atoms with Crippen LogP contribution >= 0.6 is 11.8 Å². The first kappa shape index (κ1) is 19.2. The highest BCUT2D eigenvalue weighted by Gasteiger charge is 2.20. The van der Waals surface area contributed by atoms with Gasteiger partial charge in [-0.1, -0.05) is 49.0 Å². The summed E-state index contributed by atoms with van der Waals surface area (Å²) in [6.45, 7) is 4.74. The van der Waals surface area contributed by atoms with Crippen LogP contribution in [0.15, 0.2) is 58.3 Å². The Bertz CT molecular complexity index is 862. The SMILES string of the molecule is CCC(C)N(C)C(=O)CSc1nnc(-c2ccco2)n1Cc1ccccc1. The van der Waals surface area contributed by atoms with Crippen molar-refractivity contribution < 1.29 is 9.21 Å². The molecule has 6 nitrogen and oxygen atoms in total. The van der Waals surface area contributed by atoms with Crippen molar-refractivity contribution in [2.24, 2.45) is 0 Å². The third kappa shape index (κ3) is 4.60. The highest BCUT2D eigenvalue weighted by molar-refractivity contribution is 7.99. The highest BCUT2D eigenvalue weighted by atomic mass is 32.2. The smallest absolute Gasteiger partial charge is 0.233 e. The fourth-order valence-corrected chi connectivity index (χ4v) is 3.50. The predicted molar refractivity (Wildman–Crippen MR) is 107 cm³/mol. The van der Waals surface area contributed by atoms with Crippen LogP contribution in [-0.4, -0.2) is 44.4 Å². The highest BCUT2D eigenvalue weighted by Crippen LogP contribution is 2.25. The van der Waals surface area contributed by atoms with Gasteiger partial charge in [-0.05, 0) is 31.0 Å². The van der Waals surface area contributed by atoms with E-state index >= 15 is 0 Å². The van der Waals surface area contributed by atoms with E-state index < -0.39 is 0 Å². The van der Waals surface area contributed by atoms with Crippen LogP contribution < -0.4 is 0 Å². The van der Waals surface area contributed by atoms with Crippen LogP contribution in [0.3, 0.4) is 0 Å². The van der Waals surface area contributed by atoms with E-state index in [4.69, 9.17) is 4.42 Å². The third-order valence-corrected chi connectivity index (χ3v) is 5.56. The Morgan fingerprint density at radius 3 is 2.67 bits per heavy atom. The minimum absolute atomic E-state index is 0.0863. The fourth-order valence-electron chi connectivity index (χ4n) is 2.64. The zero-order chi connectivity index (χ0) is 19.2. The molecular formula is C20H24N4O2S. The van der Waals surface area contributed by atoms with E-state index in [0.29, 0.717) is 29.0 Å². The minimum Gasteiger partial charge on any atom is -0.461 e. The van der Waals surface area contributed by atoms with Crippen LogP contribution in [0.25, 0.3) is 11.6 Å². The van der Waals surface area contributed by atoms with E-state index in [2.05, 4.69) is 36.2 Å².